The van der Waals surface area contributed by atoms with E-state index >= 15 is 0 Å². The molecular weight excluding hydrogens is 419 g/mol. The Hall–Kier alpha value is -2.30. The number of nitrogens with one attached hydrogen (secondary N) is 1. The number of amides is 1. The van der Waals surface area contributed by atoms with Gasteiger partial charge in [-0.2, -0.15) is 0 Å². The van der Waals surface area contributed by atoms with Gasteiger partial charge in [-0.05, 0) is 61.2 Å². The van der Waals surface area contributed by atoms with Crippen LogP contribution < -0.4 is 9.03 Å². The van der Waals surface area contributed by atoms with E-state index in [1.165, 1.54) is 24.3 Å². The van der Waals surface area contributed by atoms with Gasteiger partial charge < -0.3 is 0 Å². The quantitative estimate of drug-likeness (QED) is 0.741. The lowest BCUT2D eigenvalue weighted by molar-refractivity contribution is -0.116. The minimum Gasteiger partial charge on any atom is -0.273 e. The molecule has 10 heteroatoms. The summed E-state index contributed by atoms with van der Waals surface area (Å²) in [5.74, 6) is -1.15. The normalized spacial score (nSPS) is 16.4. The highest BCUT2D eigenvalue weighted by Gasteiger charge is 2.37. The zero-order chi connectivity index (χ0) is 21.4. The molecule has 29 heavy (non-hydrogen) atoms. The van der Waals surface area contributed by atoms with Crippen LogP contribution in [0.2, 0.25) is 0 Å². The van der Waals surface area contributed by atoms with Crippen molar-refractivity contribution in [1.82, 2.24) is 4.72 Å². The summed E-state index contributed by atoms with van der Waals surface area (Å²) in [5, 5.41) is 0. The van der Waals surface area contributed by atoms with Gasteiger partial charge in [-0.1, -0.05) is 12.1 Å². The number of carbonyl (C=O) groups is 1. The topological polar surface area (TPSA) is 101 Å². The van der Waals surface area contributed by atoms with Crippen molar-refractivity contribution in [1.29, 1.82) is 0 Å². The number of hydrogen-bond acceptors (Lipinski definition) is 5. The lowest BCUT2D eigenvalue weighted by Gasteiger charge is -2.19. The predicted molar refractivity (Wildman–Crippen MR) is 107 cm³/mol. The molecule has 0 bridgehead atoms. The highest BCUT2D eigenvalue weighted by Crippen LogP contribution is 2.31. The lowest BCUT2D eigenvalue weighted by atomic mass is 10.1. The van der Waals surface area contributed by atoms with E-state index < -0.39 is 26.0 Å². The lowest BCUT2D eigenvalue weighted by Crippen LogP contribution is -2.30. The summed E-state index contributed by atoms with van der Waals surface area (Å²) < 4.78 is 66.0. The second kappa shape index (κ2) is 7.85. The summed E-state index contributed by atoms with van der Waals surface area (Å²) in [7, 11) is -7.59. The molecule has 0 unspecified atom stereocenters. The Bertz CT molecular complexity index is 1140. The first-order chi connectivity index (χ1) is 13.5. The van der Waals surface area contributed by atoms with Crippen LogP contribution in [0, 0.1) is 19.7 Å². The zero-order valence-electron chi connectivity index (χ0n) is 16.0. The Morgan fingerprint density at radius 3 is 2.21 bits per heavy atom. The van der Waals surface area contributed by atoms with Crippen LogP contribution in [0.3, 0.4) is 0 Å². The highest BCUT2D eigenvalue weighted by atomic mass is 32.2. The van der Waals surface area contributed by atoms with Crippen molar-refractivity contribution in [3.63, 3.8) is 0 Å². The molecule has 0 aliphatic carbocycles. The summed E-state index contributed by atoms with van der Waals surface area (Å²) in [4.78, 5) is 12.0. The second-order valence-electron chi connectivity index (χ2n) is 6.91. The van der Waals surface area contributed by atoms with Crippen molar-refractivity contribution >= 4 is 31.6 Å². The molecule has 1 saturated heterocycles. The Balaban J connectivity index is 1.82. The minimum absolute atomic E-state index is 0.0457. The number of anilines is 1. The smallest absolute Gasteiger partial charge is 0.242 e. The molecule has 1 heterocycles. The molecule has 1 amide bonds. The van der Waals surface area contributed by atoms with E-state index in [1.807, 2.05) is 0 Å². The fraction of sp³-hybridized carbons (Fsp3) is 0.316. The van der Waals surface area contributed by atoms with Crippen molar-refractivity contribution in [2.75, 3.05) is 16.6 Å². The van der Waals surface area contributed by atoms with Crippen molar-refractivity contribution in [2.24, 2.45) is 0 Å². The molecule has 0 atom stereocenters. The maximum Gasteiger partial charge on any atom is 0.242 e. The highest BCUT2D eigenvalue weighted by molar-refractivity contribution is 7.94. The fourth-order valence-electron chi connectivity index (χ4n) is 3.39. The molecule has 1 aliphatic rings. The maximum atomic E-state index is 13.0. The molecule has 2 aromatic rings. The predicted octanol–water partition coefficient (Wildman–Crippen LogP) is 2.03. The molecule has 1 aliphatic heterocycles. The van der Waals surface area contributed by atoms with E-state index in [2.05, 4.69) is 4.72 Å². The third-order valence-electron chi connectivity index (χ3n) is 4.65. The summed E-state index contributed by atoms with van der Waals surface area (Å²) in [6.07, 6.45) is 0.293. The van der Waals surface area contributed by atoms with Crippen molar-refractivity contribution in [2.45, 2.75) is 31.6 Å². The Morgan fingerprint density at radius 1 is 1.10 bits per heavy atom. The SMILES string of the molecule is Cc1cc(N2C(=O)CCS2(=O)=O)cc(C)c1S(=O)(=O)NCCc1ccc(F)cc1. The number of sulfonamides is 2. The third-order valence-corrected chi connectivity index (χ3v) is 8.10. The number of hydrogen-bond donors (Lipinski definition) is 1. The Morgan fingerprint density at radius 2 is 1.69 bits per heavy atom. The van der Waals surface area contributed by atoms with Crippen LogP contribution >= 0.6 is 0 Å². The first-order valence-corrected chi connectivity index (χ1v) is 12.0. The van der Waals surface area contributed by atoms with Crippen LogP contribution in [-0.2, 0) is 31.3 Å². The van der Waals surface area contributed by atoms with E-state index in [0.717, 1.165) is 9.87 Å². The zero-order valence-corrected chi connectivity index (χ0v) is 17.6. The largest absolute Gasteiger partial charge is 0.273 e. The van der Waals surface area contributed by atoms with E-state index in [0.29, 0.717) is 17.5 Å². The van der Waals surface area contributed by atoms with E-state index in [4.69, 9.17) is 0 Å². The molecular formula is C19H21FN2O5S2. The van der Waals surface area contributed by atoms with Crippen LogP contribution in [0.5, 0.6) is 0 Å². The molecule has 2 aromatic carbocycles. The summed E-state index contributed by atoms with van der Waals surface area (Å²) >= 11 is 0. The first-order valence-electron chi connectivity index (χ1n) is 8.92. The van der Waals surface area contributed by atoms with Crippen LogP contribution in [-0.4, -0.2) is 35.0 Å². The monoisotopic (exact) mass is 440 g/mol. The summed E-state index contributed by atoms with van der Waals surface area (Å²) in [6.45, 7) is 3.23. The number of nitrogens with zero attached hydrogens (tertiary/aromatic N) is 1. The van der Waals surface area contributed by atoms with Gasteiger partial charge in [0.15, 0.2) is 0 Å². The van der Waals surface area contributed by atoms with Gasteiger partial charge in [0.1, 0.15) is 5.82 Å². The standard InChI is InChI=1S/C19H21FN2O5S2/c1-13-11-17(22-18(23)8-10-28(22,24)25)12-14(2)19(13)29(26,27)21-9-7-15-3-5-16(20)6-4-15/h3-6,11-12,21H,7-10H2,1-2H3. The minimum atomic E-state index is -3.86. The van der Waals surface area contributed by atoms with Crippen LogP contribution in [0.1, 0.15) is 23.1 Å². The molecule has 3 rings (SSSR count). The number of carbonyl (C=O) groups excluding carboxylic acids is 1. The molecule has 156 valence electrons. The van der Waals surface area contributed by atoms with Gasteiger partial charge in [0.25, 0.3) is 0 Å². The van der Waals surface area contributed by atoms with Crippen molar-refractivity contribution in [3.8, 4) is 0 Å². The average molecular weight is 441 g/mol. The molecule has 1 N–H and O–H groups in total. The van der Waals surface area contributed by atoms with Gasteiger partial charge in [-0.25, -0.2) is 30.3 Å². The van der Waals surface area contributed by atoms with Gasteiger partial charge in [-0.15, -0.1) is 0 Å². The molecule has 1 fully saturated rings. The second-order valence-corrected chi connectivity index (χ2v) is 10.5. The van der Waals surface area contributed by atoms with Gasteiger partial charge in [0, 0.05) is 13.0 Å². The number of benzene rings is 2. The van der Waals surface area contributed by atoms with Crippen LogP contribution in [0.4, 0.5) is 10.1 Å². The van der Waals surface area contributed by atoms with Gasteiger partial charge in [0.2, 0.25) is 26.0 Å². The first kappa shape index (κ1) is 21.4. The summed E-state index contributed by atoms with van der Waals surface area (Å²) in [6, 6.07) is 8.57. The Kier molecular flexibility index (Phi) is 5.79. The van der Waals surface area contributed by atoms with Crippen molar-refractivity contribution in [3.05, 3.63) is 58.9 Å². The van der Waals surface area contributed by atoms with E-state index in [1.54, 1.807) is 26.0 Å². The average Bonchev–Trinajstić information content (AvgIpc) is 2.88. The molecule has 0 spiro atoms. The maximum absolute atomic E-state index is 13.0. The van der Waals surface area contributed by atoms with Crippen LogP contribution in [0.25, 0.3) is 0 Å². The Labute approximate surface area is 169 Å². The fourth-order valence-corrected chi connectivity index (χ4v) is 6.31. The summed E-state index contributed by atoms with van der Waals surface area (Å²) in [5.41, 5.74) is 1.61. The van der Waals surface area contributed by atoms with Gasteiger partial charge >= 0.3 is 0 Å². The molecule has 7 nitrogen and oxygen atoms in total. The number of rotatable bonds is 6. The van der Waals surface area contributed by atoms with E-state index in [9.17, 15) is 26.0 Å². The van der Waals surface area contributed by atoms with E-state index in [-0.39, 0.29) is 35.1 Å². The molecule has 0 aromatic heterocycles. The molecule has 0 saturated carbocycles. The van der Waals surface area contributed by atoms with Crippen molar-refractivity contribution < 1.29 is 26.0 Å². The van der Waals surface area contributed by atoms with Crippen LogP contribution in [0.15, 0.2) is 41.3 Å². The third kappa shape index (κ3) is 4.49. The van der Waals surface area contributed by atoms with Gasteiger partial charge in [-0.3, -0.25) is 4.79 Å². The molecule has 0 radical (unpaired) electrons. The van der Waals surface area contributed by atoms with Gasteiger partial charge in [0.05, 0.1) is 16.3 Å². The number of aryl methyl sites for hydroxylation is 2. The number of halogens is 1.